The number of nitrogens with one attached hydrogen (secondary N) is 1. The van der Waals surface area contributed by atoms with Crippen molar-refractivity contribution in [1.29, 1.82) is 0 Å². The third kappa shape index (κ3) is 7.46. The molecule has 0 radical (unpaired) electrons. The molecule has 0 aromatic heterocycles. The molecular weight excluding hydrogens is 614 g/mol. The van der Waals surface area contributed by atoms with Gasteiger partial charge in [0.25, 0.3) is 10.0 Å². The monoisotopic (exact) mass is 647 g/mol. The highest BCUT2D eigenvalue weighted by Crippen LogP contribution is 2.27. The molecule has 0 heterocycles. The van der Waals surface area contributed by atoms with Gasteiger partial charge in [-0.3, -0.25) is 13.9 Å². The molecule has 0 saturated heterocycles. The molecule has 4 rings (SSSR count). The van der Waals surface area contributed by atoms with Crippen LogP contribution >= 0.6 is 15.9 Å². The first-order valence-corrected chi connectivity index (χ1v) is 15.8. The zero-order chi connectivity index (χ0) is 30.3. The van der Waals surface area contributed by atoms with Gasteiger partial charge in [-0.05, 0) is 72.5 Å². The molecule has 42 heavy (non-hydrogen) atoms. The average Bonchev–Trinajstić information content (AvgIpc) is 2.99. The Labute approximate surface area is 256 Å². The molecule has 0 aliphatic heterocycles. The molecule has 0 aliphatic carbocycles. The molecule has 0 saturated carbocycles. The molecule has 1 N–H and O–H groups in total. The van der Waals surface area contributed by atoms with Gasteiger partial charge in [0.05, 0.1) is 10.6 Å². The highest BCUT2D eigenvalue weighted by molar-refractivity contribution is 9.10. The molecule has 218 valence electrons. The highest BCUT2D eigenvalue weighted by atomic mass is 79.9. The maximum atomic E-state index is 14.3. The number of carbonyl (C=O) groups excluding carboxylic acids is 2. The third-order valence-electron chi connectivity index (χ3n) is 7.15. The van der Waals surface area contributed by atoms with Gasteiger partial charge in [0.1, 0.15) is 12.6 Å². The third-order valence-corrected chi connectivity index (χ3v) is 9.43. The van der Waals surface area contributed by atoms with Crippen LogP contribution in [0.3, 0.4) is 0 Å². The smallest absolute Gasteiger partial charge is 0.264 e. The predicted molar refractivity (Wildman–Crippen MR) is 170 cm³/mol. The van der Waals surface area contributed by atoms with Crippen LogP contribution < -0.4 is 9.62 Å². The van der Waals surface area contributed by atoms with E-state index in [0.29, 0.717) is 5.69 Å². The second-order valence-electron chi connectivity index (χ2n) is 10.1. The van der Waals surface area contributed by atoms with Crippen molar-refractivity contribution in [3.63, 3.8) is 0 Å². The van der Waals surface area contributed by atoms with Gasteiger partial charge in [-0.25, -0.2) is 8.42 Å². The molecule has 4 aromatic carbocycles. The van der Waals surface area contributed by atoms with Crippen molar-refractivity contribution >= 4 is 43.5 Å². The number of sulfonamides is 1. The van der Waals surface area contributed by atoms with Crippen LogP contribution in [-0.4, -0.2) is 44.8 Å². The van der Waals surface area contributed by atoms with Gasteiger partial charge < -0.3 is 10.2 Å². The molecule has 2 amide bonds. The van der Waals surface area contributed by atoms with Crippen molar-refractivity contribution in [3.8, 4) is 0 Å². The van der Waals surface area contributed by atoms with Crippen molar-refractivity contribution in [2.75, 3.05) is 17.9 Å². The lowest BCUT2D eigenvalue weighted by Gasteiger charge is -2.33. The molecule has 4 aromatic rings. The topological polar surface area (TPSA) is 86.8 Å². The first-order valence-electron chi connectivity index (χ1n) is 13.5. The minimum Gasteiger partial charge on any atom is -0.357 e. The van der Waals surface area contributed by atoms with Crippen LogP contribution in [0.15, 0.2) is 112 Å². The Kier molecular flexibility index (Phi) is 10.2. The minimum atomic E-state index is -4.12. The van der Waals surface area contributed by atoms with Crippen LogP contribution in [0.25, 0.3) is 0 Å². The summed E-state index contributed by atoms with van der Waals surface area (Å²) in [6.07, 6.45) is 0.259. The molecular formula is C33H34BrN3O4S. The molecule has 0 fully saturated rings. The quantitative estimate of drug-likeness (QED) is 0.228. The van der Waals surface area contributed by atoms with Crippen molar-refractivity contribution in [3.05, 3.63) is 130 Å². The summed E-state index contributed by atoms with van der Waals surface area (Å²) in [7, 11) is -2.59. The van der Waals surface area contributed by atoms with Crippen molar-refractivity contribution in [2.24, 2.45) is 0 Å². The highest BCUT2D eigenvalue weighted by Gasteiger charge is 2.34. The summed E-state index contributed by atoms with van der Waals surface area (Å²) >= 11 is 3.49. The van der Waals surface area contributed by atoms with Gasteiger partial charge in [0, 0.05) is 24.5 Å². The number of likely N-dealkylation sites (N-methyl/N-ethyl adjacent to an activating group) is 1. The molecule has 0 spiro atoms. The summed E-state index contributed by atoms with van der Waals surface area (Å²) < 4.78 is 30.0. The van der Waals surface area contributed by atoms with Crippen LogP contribution in [-0.2, 0) is 32.6 Å². The lowest BCUT2D eigenvalue weighted by atomic mass is 10.0. The van der Waals surface area contributed by atoms with Gasteiger partial charge in [-0.1, -0.05) is 82.7 Å². The van der Waals surface area contributed by atoms with Gasteiger partial charge in [0.15, 0.2) is 0 Å². The van der Waals surface area contributed by atoms with Crippen molar-refractivity contribution in [2.45, 2.75) is 37.8 Å². The Morgan fingerprint density at radius 3 is 2.07 bits per heavy atom. The van der Waals surface area contributed by atoms with E-state index in [-0.39, 0.29) is 23.8 Å². The van der Waals surface area contributed by atoms with E-state index in [0.717, 1.165) is 31.0 Å². The summed E-state index contributed by atoms with van der Waals surface area (Å²) in [5.41, 5.74) is 3.94. The van der Waals surface area contributed by atoms with E-state index >= 15 is 0 Å². The normalized spacial score (nSPS) is 11.9. The number of benzene rings is 4. The minimum absolute atomic E-state index is 0.0710. The Morgan fingerprint density at radius 2 is 1.45 bits per heavy atom. The second-order valence-corrected chi connectivity index (χ2v) is 12.8. The van der Waals surface area contributed by atoms with E-state index < -0.39 is 28.5 Å². The number of carbonyl (C=O) groups is 2. The standard InChI is InChI=1S/C33H34BrN3O4S/c1-24-17-18-29(19-25(24)2)37(42(40,41)30-15-8-5-9-16-30)23-32(38)36(22-27-13-10-14-28(34)20-27)31(33(39)35-3)21-26-11-6-4-7-12-26/h4-20,31H,21-23H2,1-3H3,(H,35,39)/t31-/m0/s1. The first-order chi connectivity index (χ1) is 20.1. The molecule has 7 nitrogen and oxygen atoms in total. The van der Waals surface area contributed by atoms with Crippen LogP contribution in [0.4, 0.5) is 5.69 Å². The Balaban J connectivity index is 1.80. The fourth-order valence-electron chi connectivity index (χ4n) is 4.68. The number of anilines is 1. The predicted octanol–water partition coefficient (Wildman–Crippen LogP) is 5.65. The lowest BCUT2D eigenvalue weighted by molar-refractivity contribution is -0.139. The molecule has 0 bridgehead atoms. The average molecular weight is 649 g/mol. The number of amides is 2. The Hall–Kier alpha value is -3.95. The van der Waals surface area contributed by atoms with Crippen LogP contribution in [0, 0.1) is 13.8 Å². The van der Waals surface area contributed by atoms with E-state index in [1.807, 2.05) is 74.5 Å². The summed E-state index contributed by atoms with van der Waals surface area (Å²) in [6.45, 7) is 3.46. The van der Waals surface area contributed by atoms with Crippen LogP contribution in [0.5, 0.6) is 0 Å². The fraction of sp³-hybridized carbons (Fsp3) is 0.212. The lowest BCUT2D eigenvalue weighted by Crippen LogP contribution is -2.53. The van der Waals surface area contributed by atoms with Crippen molar-refractivity contribution in [1.82, 2.24) is 10.2 Å². The Morgan fingerprint density at radius 1 is 0.810 bits per heavy atom. The van der Waals surface area contributed by atoms with Gasteiger partial charge >= 0.3 is 0 Å². The number of nitrogens with zero attached hydrogens (tertiary/aromatic N) is 2. The van der Waals surface area contributed by atoms with Crippen molar-refractivity contribution < 1.29 is 18.0 Å². The van der Waals surface area contributed by atoms with E-state index in [2.05, 4.69) is 21.2 Å². The maximum Gasteiger partial charge on any atom is 0.264 e. The zero-order valence-electron chi connectivity index (χ0n) is 23.8. The van der Waals surface area contributed by atoms with Gasteiger partial charge in [-0.15, -0.1) is 0 Å². The van der Waals surface area contributed by atoms with Gasteiger partial charge in [-0.2, -0.15) is 0 Å². The number of rotatable bonds is 11. The summed E-state index contributed by atoms with van der Waals surface area (Å²) in [6, 6.07) is 29.4. The number of hydrogen-bond donors (Lipinski definition) is 1. The van der Waals surface area contributed by atoms with Crippen LogP contribution in [0.1, 0.15) is 22.3 Å². The summed E-state index contributed by atoms with van der Waals surface area (Å²) in [4.78, 5) is 29.2. The first kappa shape index (κ1) is 31.0. The molecule has 0 unspecified atom stereocenters. The largest absolute Gasteiger partial charge is 0.357 e. The zero-order valence-corrected chi connectivity index (χ0v) is 26.2. The molecule has 1 atom stereocenters. The number of aryl methyl sites for hydroxylation is 2. The summed E-state index contributed by atoms with van der Waals surface area (Å²) in [5, 5.41) is 2.70. The summed E-state index contributed by atoms with van der Waals surface area (Å²) in [5.74, 6) is -0.844. The number of hydrogen-bond acceptors (Lipinski definition) is 4. The van der Waals surface area contributed by atoms with E-state index in [1.54, 1.807) is 30.3 Å². The van der Waals surface area contributed by atoms with E-state index in [9.17, 15) is 18.0 Å². The Bertz CT molecular complexity index is 1650. The second kappa shape index (κ2) is 13.8. The fourth-order valence-corrected chi connectivity index (χ4v) is 6.56. The SMILES string of the molecule is CNC(=O)[C@H](Cc1ccccc1)N(Cc1cccc(Br)c1)C(=O)CN(c1ccc(C)c(C)c1)S(=O)(=O)c1ccccc1. The molecule has 0 aliphatic rings. The van der Waals surface area contributed by atoms with Gasteiger partial charge in [0.2, 0.25) is 11.8 Å². The van der Waals surface area contributed by atoms with E-state index in [1.165, 1.54) is 24.1 Å². The van der Waals surface area contributed by atoms with Crippen LogP contribution in [0.2, 0.25) is 0 Å². The van der Waals surface area contributed by atoms with E-state index in [4.69, 9.17) is 0 Å². The number of halogens is 1. The molecule has 9 heteroatoms. The maximum absolute atomic E-state index is 14.3.